The maximum absolute atomic E-state index is 9.58. The highest BCUT2D eigenvalue weighted by atomic mass is 35.5. The van der Waals surface area contributed by atoms with Gasteiger partial charge < -0.3 is 10.8 Å². The second-order valence-corrected chi connectivity index (χ2v) is 11.4. The van der Waals surface area contributed by atoms with Crippen LogP contribution in [-0.2, 0) is 0 Å². The summed E-state index contributed by atoms with van der Waals surface area (Å²) >= 11 is 10.2. The van der Waals surface area contributed by atoms with Crippen LogP contribution in [0.25, 0.3) is 21.3 Å². The number of aliphatic hydroxyl groups is 1. The molecule has 0 saturated heterocycles. The molecule has 1 saturated carbocycles. The van der Waals surface area contributed by atoms with Crippen LogP contribution < -0.4 is 10.5 Å². The minimum Gasteiger partial charge on any atom is -0.396 e. The van der Waals surface area contributed by atoms with Crippen LogP contribution in [-0.4, -0.2) is 27.8 Å². The van der Waals surface area contributed by atoms with Gasteiger partial charge in [0, 0.05) is 50.6 Å². The fraction of sp³-hybridized carbons (Fsp3) is 0.360. The van der Waals surface area contributed by atoms with Gasteiger partial charge in [-0.3, -0.25) is 4.98 Å². The van der Waals surface area contributed by atoms with Crippen molar-refractivity contribution in [2.75, 3.05) is 6.61 Å². The zero-order valence-corrected chi connectivity index (χ0v) is 20.8. The van der Waals surface area contributed by atoms with Crippen molar-refractivity contribution in [3.63, 3.8) is 0 Å². The number of nitrogens with one attached hydrogen (secondary N) is 1. The first-order valence-electron chi connectivity index (χ1n) is 11.3. The fourth-order valence-corrected chi connectivity index (χ4v) is 6.39. The van der Waals surface area contributed by atoms with Crippen molar-refractivity contribution in [2.45, 2.75) is 49.8 Å². The summed E-state index contributed by atoms with van der Waals surface area (Å²) in [5.41, 5.74) is 10.0. The number of aliphatic imine (C=N–C) groups is 1. The fourth-order valence-electron chi connectivity index (χ4n) is 3.89. The lowest BCUT2D eigenvalue weighted by molar-refractivity contribution is 0.273. The molecule has 3 heterocycles. The number of halogens is 1. The van der Waals surface area contributed by atoms with E-state index in [4.69, 9.17) is 17.3 Å². The van der Waals surface area contributed by atoms with Gasteiger partial charge in [0.15, 0.2) is 0 Å². The molecule has 172 valence electrons. The zero-order valence-electron chi connectivity index (χ0n) is 18.4. The molecule has 2 aliphatic rings. The number of aromatic nitrogens is 1. The van der Waals surface area contributed by atoms with Gasteiger partial charge in [0.1, 0.15) is 0 Å². The van der Waals surface area contributed by atoms with Gasteiger partial charge in [-0.25, -0.2) is 9.71 Å². The Labute approximate surface area is 207 Å². The van der Waals surface area contributed by atoms with Gasteiger partial charge in [-0.2, -0.15) is 0 Å². The number of aliphatic hydroxyl groups excluding tert-OH is 1. The molecule has 3 aromatic rings. The standard InChI is InChI=1S/C25H27ClN4OS2/c1-14(13-31)15-9-10-28-20(11-15)18-4-2-3-16-12-21(32-25(16)18)24(30-33-17-5-6-17)23-19(26)7-8-22(27)29-23/h2-4,9-12,14,17,24,30-31H,5-8,13H2,1H3,(H2,27,29). The maximum Gasteiger partial charge on any atom is 0.0997 e. The molecular formula is C25H27ClN4OS2. The molecule has 0 radical (unpaired) electrons. The number of amidine groups is 1. The van der Waals surface area contributed by atoms with Crippen LogP contribution in [0.5, 0.6) is 0 Å². The number of benzene rings is 1. The summed E-state index contributed by atoms with van der Waals surface area (Å²) in [6.45, 7) is 2.13. The van der Waals surface area contributed by atoms with Gasteiger partial charge in [0.25, 0.3) is 0 Å². The lowest BCUT2D eigenvalue weighted by Gasteiger charge is -2.22. The molecule has 1 fully saturated rings. The summed E-state index contributed by atoms with van der Waals surface area (Å²) in [6.07, 6.45) is 5.75. The molecule has 1 aromatic carbocycles. The Balaban J connectivity index is 1.57. The van der Waals surface area contributed by atoms with Crippen LogP contribution in [0.2, 0.25) is 0 Å². The number of rotatable bonds is 8. The Kier molecular flexibility index (Phi) is 6.77. The Hall–Kier alpha value is -1.90. The highest BCUT2D eigenvalue weighted by molar-refractivity contribution is 7.98. The molecule has 0 spiro atoms. The number of hydrogen-bond donors (Lipinski definition) is 3. The lowest BCUT2D eigenvalue weighted by Crippen LogP contribution is -2.22. The van der Waals surface area contributed by atoms with Crippen LogP contribution >= 0.6 is 34.9 Å². The van der Waals surface area contributed by atoms with Crippen molar-refractivity contribution in [2.24, 2.45) is 10.7 Å². The molecule has 5 nitrogen and oxygen atoms in total. The van der Waals surface area contributed by atoms with E-state index in [-0.39, 0.29) is 18.6 Å². The van der Waals surface area contributed by atoms with Gasteiger partial charge in [-0.1, -0.05) is 48.7 Å². The van der Waals surface area contributed by atoms with Crippen LogP contribution in [0.3, 0.4) is 0 Å². The Morgan fingerprint density at radius 2 is 2.12 bits per heavy atom. The number of hydrogen-bond acceptors (Lipinski definition) is 7. The van der Waals surface area contributed by atoms with Gasteiger partial charge in [0.2, 0.25) is 0 Å². The third kappa shape index (κ3) is 4.98. The number of allylic oxidation sites excluding steroid dienone is 1. The largest absolute Gasteiger partial charge is 0.396 e. The van der Waals surface area contributed by atoms with E-state index >= 15 is 0 Å². The van der Waals surface area contributed by atoms with Crippen molar-refractivity contribution in [3.05, 3.63) is 63.8 Å². The molecule has 0 bridgehead atoms. The summed E-state index contributed by atoms with van der Waals surface area (Å²) in [7, 11) is 0. The summed E-state index contributed by atoms with van der Waals surface area (Å²) in [4.78, 5) is 10.5. The second kappa shape index (κ2) is 9.76. The smallest absolute Gasteiger partial charge is 0.0997 e. The highest BCUT2D eigenvalue weighted by Crippen LogP contribution is 2.43. The number of pyridine rings is 1. The molecule has 0 amide bonds. The summed E-state index contributed by atoms with van der Waals surface area (Å²) < 4.78 is 4.83. The first-order chi connectivity index (χ1) is 16.0. The van der Waals surface area contributed by atoms with E-state index in [1.807, 2.05) is 19.2 Å². The molecular weight excluding hydrogens is 472 g/mol. The molecule has 2 aromatic heterocycles. The summed E-state index contributed by atoms with van der Waals surface area (Å²) in [5, 5.41) is 12.2. The minimum absolute atomic E-state index is 0.0709. The molecule has 5 rings (SSSR count). The summed E-state index contributed by atoms with van der Waals surface area (Å²) in [5.74, 6) is 0.708. The third-order valence-corrected chi connectivity index (χ3v) is 8.85. The van der Waals surface area contributed by atoms with E-state index in [1.165, 1.54) is 22.9 Å². The van der Waals surface area contributed by atoms with Crippen LogP contribution in [0.4, 0.5) is 0 Å². The van der Waals surface area contributed by atoms with E-state index in [9.17, 15) is 5.11 Å². The number of nitrogens with zero attached hydrogens (tertiary/aromatic N) is 2. The quantitative estimate of drug-likeness (QED) is 0.327. The van der Waals surface area contributed by atoms with Gasteiger partial charge in [-0.05, 0) is 48.4 Å². The average Bonchev–Trinajstić information content (AvgIpc) is 3.56. The van der Waals surface area contributed by atoms with Gasteiger partial charge in [0.05, 0.1) is 23.3 Å². The van der Waals surface area contributed by atoms with E-state index < -0.39 is 0 Å². The van der Waals surface area contributed by atoms with Crippen LogP contribution in [0.15, 0.2) is 58.3 Å². The highest BCUT2D eigenvalue weighted by Gasteiger charge is 2.29. The van der Waals surface area contributed by atoms with Gasteiger partial charge >= 0.3 is 0 Å². The van der Waals surface area contributed by atoms with Crippen LogP contribution in [0, 0.1) is 0 Å². The maximum atomic E-state index is 9.58. The first-order valence-corrected chi connectivity index (χ1v) is 13.3. The number of fused-ring (bicyclic) bond motifs is 1. The van der Waals surface area contributed by atoms with Crippen molar-refractivity contribution < 1.29 is 5.11 Å². The molecule has 33 heavy (non-hydrogen) atoms. The van der Waals surface area contributed by atoms with Crippen molar-refractivity contribution in [1.29, 1.82) is 0 Å². The molecule has 4 N–H and O–H groups in total. The normalized spacial score (nSPS) is 18.5. The van der Waals surface area contributed by atoms with E-state index in [2.05, 4.69) is 45.0 Å². The molecule has 1 aliphatic carbocycles. The lowest BCUT2D eigenvalue weighted by atomic mass is 10.00. The topological polar surface area (TPSA) is 83.5 Å². The first kappa shape index (κ1) is 22.9. The molecule has 2 unspecified atom stereocenters. The number of nitrogens with two attached hydrogens (primary N) is 1. The molecule has 1 aliphatic heterocycles. The zero-order chi connectivity index (χ0) is 22.9. The Morgan fingerprint density at radius 1 is 1.27 bits per heavy atom. The summed E-state index contributed by atoms with van der Waals surface area (Å²) in [6, 6.07) is 12.5. The van der Waals surface area contributed by atoms with E-state index in [0.717, 1.165) is 38.8 Å². The Bertz CT molecular complexity index is 1230. The van der Waals surface area contributed by atoms with Crippen LogP contribution in [0.1, 0.15) is 55.0 Å². The van der Waals surface area contributed by atoms with Gasteiger partial charge in [-0.15, -0.1) is 11.3 Å². The predicted molar refractivity (Wildman–Crippen MR) is 141 cm³/mol. The second-order valence-electron chi connectivity index (χ2n) is 8.69. The van der Waals surface area contributed by atoms with Crippen molar-refractivity contribution in [3.8, 4) is 11.3 Å². The third-order valence-electron chi connectivity index (χ3n) is 6.04. The molecule has 2 atom stereocenters. The average molecular weight is 499 g/mol. The predicted octanol–water partition coefficient (Wildman–Crippen LogP) is 6.10. The minimum atomic E-state index is -0.110. The monoisotopic (exact) mass is 498 g/mol. The van der Waals surface area contributed by atoms with Crippen molar-refractivity contribution in [1.82, 2.24) is 9.71 Å². The molecule has 8 heteroatoms. The van der Waals surface area contributed by atoms with E-state index in [1.54, 1.807) is 23.3 Å². The Morgan fingerprint density at radius 3 is 2.91 bits per heavy atom. The number of thiophene rings is 1. The SMILES string of the molecule is CC(CO)c1ccnc(-c2cccc3cc(C(NSC4CC4)C4=C(Cl)CCC(N)=N4)sc23)c1. The van der Waals surface area contributed by atoms with E-state index in [0.29, 0.717) is 17.5 Å². The van der Waals surface area contributed by atoms with Crippen molar-refractivity contribution >= 4 is 50.8 Å².